The van der Waals surface area contributed by atoms with E-state index in [0.717, 1.165) is 41.9 Å². The summed E-state index contributed by atoms with van der Waals surface area (Å²) < 4.78 is 25.0. The predicted molar refractivity (Wildman–Crippen MR) is 156 cm³/mol. The van der Waals surface area contributed by atoms with Gasteiger partial charge in [-0.1, -0.05) is 66.7 Å². The summed E-state index contributed by atoms with van der Waals surface area (Å²) in [6.07, 6.45) is 1.68. The van der Waals surface area contributed by atoms with E-state index >= 15 is 0 Å². The second-order valence-corrected chi connectivity index (χ2v) is 9.16. The van der Waals surface area contributed by atoms with Gasteiger partial charge < -0.3 is 20.1 Å². The Morgan fingerprint density at radius 1 is 0.821 bits per heavy atom. The molecule has 5 nitrogen and oxygen atoms in total. The molecule has 39 heavy (non-hydrogen) atoms. The molecule has 0 bridgehead atoms. The number of halogens is 2. The fourth-order valence-electron chi connectivity index (χ4n) is 4.42. The predicted octanol–water partition coefficient (Wildman–Crippen LogP) is 6.50. The average Bonchev–Trinajstić information content (AvgIpc) is 2.94. The Balaban J connectivity index is 0.00000420. The number of rotatable bonds is 13. The number of primary amides is 1. The van der Waals surface area contributed by atoms with E-state index in [-0.39, 0.29) is 30.7 Å². The number of aryl methyl sites for hydroxylation is 1. The average molecular weight is 549 g/mol. The first kappa shape index (κ1) is 29.5. The number of hydrogen-bond acceptors (Lipinski definition) is 4. The fourth-order valence-corrected chi connectivity index (χ4v) is 4.42. The molecule has 2 N–H and O–H groups in total. The van der Waals surface area contributed by atoms with E-state index in [2.05, 4.69) is 29.2 Å². The summed E-state index contributed by atoms with van der Waals surface area (Å²) >= 11 is 0. The molecule has 0 aliphatic rings. The molecule has 204 valence electrons. The van der Waals surface area contributed by atoms with Crippen molar-refractivity contribution < 1.29 is 18.7 Å². The number of methoxy groups -OCH3 is 1. The largest absolute Gasteiger partial charge is 0.493 e. The molecule has 4 aromatic rings. The van der Waals surface area contributed by atoms with Crippen LogP contribution in [0.25, 0.3) is 0 Å². The maximum absolute atomic E-state index is 13.5. The Hall–Kier alpha value is -4.03. The number of carbonyl (C=O) groups is 1. The van der Waals surface area contributed by atoms with Crippen LogP contribution < -0.4 is 20.1 Å². The van der Waals surface area contributed by atoms with Gasteiger partial charge in [0, 0.05) is 25.2 Å². The van der Waals surface area contributed by atoms with Crippen LogP contribution in [-0.4, -0.2) is 19.6 Å². The number of anilines is 1. The van der Waals surface area contributed by atoms with Crippen LogP contribution >= 0.6 is 12.4 Å². The number of nitrogens with zero attached hydrogens (tertiary/aromatic N) is 1. The smallest absolute Gasteiger partial charge is 0.217 e. The Bertz CT molecular complexity index is 1350. The van der Waals surface area contributed by atoms with E-state index in [1.165, 1.54) is 17.7 Å². The van der Waals surface area contributed by atoms with Gasteiger partial charge in [0.1, 0.15) is 12.4 Å². The standard InChI is InChI=1S/C32H33FN2O3.ClH/c1-37-31-21-24(14-16-30(31)38-23-26-10-7-12-28(33)20-26)18-19-35(22-25-8-3-2-4-9-25)29-13-6-5-11-27(29)15-17-32(34)36;/h2-14,16,20-21H,15,17-19,22-23H2,1H3,(H2,34,36);1H. The molecule has 0 heterocycles. The number of para-hydroxylation sites is 1. The van der Waals surface area contributed by atoms with Gasteiger partial charge in [0.15, 0.2) is 11.5 Å². The van der Waals surface area contributed by atoms with Crippen molar-refractivity contribution in [1.82, 2.24) is 0 Å². The minimum absolute atomic E-state index is 0. The number of benzene rings is 4. The molecule has 4 rings (SSSR count). The van der Waals surface area contributed by atoms with Crippen molar-refractivity contribution in [2.75, 3.05) is 18.6 Å². The van der Waals surface area contributed by atoms with Crippen LogP contribution in [0.5, 0.6) is 11.5 Å². The summed E-state index contributed by atoms with van der Waals surface area (Å²) in [5.41, 5.74) is 10.7. The van der Waals surface area contributed by atoms with E-state index < -0.39 is 0 Å². The van der Waals surface area contributed by atoms with Gasteiger partial charge in [0.05, 0.1) is 7.11 Å². The summed E-state index contributed by atoms with van der Waals surface area (Å²) in [6.45, 7) is 1.75. The highest BCUT2D eigenvalue weighted by molar-refractivity contribution is 5.85. The Labute approximate surface area is 235 Å². The highest BCUT2D eigenvalue weighted by Gasteiger charge is 2.14. The van der Waals surface area contributed by atoms with Crippen LogP contribution in [0.2, 0.25) is 0 Å². The molecule has 0 unspecified atom stereocenters. The molecule has 4 aromatic carbocycles. The van der Waals surface area contributed by atoms with Crippen LogP contribution in [-0.2, 0) is 30.8 Å². The van der Waals surface area contributed by atoms with Gasteiger partial charge in [-0.15, -0.1) is 12.4 Å². The van der Waals surface area contributed by atoms with Gasteiger partial charge in [0.25, 0.3) is 0 Å². The molecule has 0 atom stereocenters. The van der Waals surface area contributed by atoms with Crippen molar-refractivity contribution in [3.05, 3.63) is 125 Å². The maximum atomic E-state index is 13.5. The van der Waals surface area contributed by atoms with Crippen molar-refractivity contribution in [3.63, 3.8) is 0 Å². The SMILES string of the molecule is COc1cc(CCN(Cc2ccccc2)c2ccccc2CCC(N)=O)ccc1OCc1cccc(F)c1.Cl. The molecule has 7 heteroatoms. The summed E-state index contributed by atoms with van der Waals surface area (Å²) in [7, 11) is 1.62. The van der Waals surface area contributed by atoms with E-state index in [0.29, 0.717) is 24.3 Å². The lowest BCUT2D eigenvalue weighted by molar-refractivity contribution is -0.117. The Morgan fingerprint density at radius 3 is 2.31 bits per heavy atom. The van der Waals surface area contributed by atoms with Crippen molar-refractivity contribution >= 4 is 24.0 Å². The lowest BCUT2D eigenvalue weighted by Gasteiger charge is -2.28. The molecule has 0 aliphatic carbocycles. The van der Waals surface area contributed by atoms with Crippen LogP contribution in [0.15, 0.2) is 97.1 Å². The number of carbonyl (C=O) groups excluding carboxylic acids is 1. The van der Waals surface area contributed by atoms with Crippen molar-refractivity contribution in [3.8, 4) is 11.5 Å². The van der Waals surface area contributed by atoms with Crippen LogP contribution in [0.3, 0.4) is 0 Å². The second-order valence-electron chi connectivity index (χ2n) is 9.16. The summed E-state index contributed by atoms with van der Waals surface area (Å²) in [6, 6.07) is 30.8. The highest BCUT2D eigenvalue weighted by atomic mass is 35.5. The fraction of sp³-hybridized carbons (Fsp3) is 0.219. The zero-order chi connectivity index (χ0) is 26.7. The third-order valence-corrected chi connectivity index (χ3v) is 6.37. The van der Waals surface area contributed by atoms with Gasteiger partial charge in [-0.05, 0) is 65.4 Å². The quantitative estimate of drug-likeness (QED) is 0.207. The minimum Gasteiger partial charge on any atom is -0.493 e. The summed E-state index contributed by atoms with van der Waals surface area (Å²) in [5.74, 6) is 0.653. The van der Waals surface area contributed by atoms with Crippen LogP contribution in [0.4, 0.5) is 10.1 Å². The molecule has 0 radical (unpaired) electrons. The minimum atomic E-state index is -0.304. The molecule has 1 amide bonds. The van der Waals surface area contributed by atoms with Gasteiger partial charge in [0.2, 0.25) is 5.91 Å². The molecule has 0 aromatic heterocycles. The molecule has 0 saturated heterocycles. The molecule has 0 spiro atoms. The summed E-state index contributed by atoms with van der Waals surface area (Å²) in [4.78, 5) is 13.8. The molecular formula is C32H34ClFN2O3. The van der Waals surface area contributed by atoms with Crippen molar-refractivity contribution in [2.24, 2.45) is 5.73 Å². The molecule has 0 saturated carbocycles. The second kappa shape index (κ2) is 14.8. The monoisotopic (exact) mass is 548 g/mol. The van der Waals surface area contributed by atoms with Gasteiger partial charge >= 0.3 is 0 Å². The third-order valence-electron chi connectivity index (χ3n) is 6.37. The van der Waals surface area contributed by atoms with Crippen LogP contribution in [0, 0.1) is 5.82 Å². The third kappa shape index (κ3) is 8.76. The van der Waals surface area contributed by atoms with E-state index in [1.54, 1.807) is 13.2 Å². The number of nitrogens with two attached hydrogens (primary N) is 1. The van der Waals surface area contributed by atoms with Crippen LogP contribution in [0.1, 0.15) is 28.7 Å². The van der Waals surface area contributed by atoms with E-state index in [9.17, 15) is 9.18 Å². The van der Waals surface area contributed by atoms with Gasteiger partial charge in [-0.2, -0.15) is 0 Å². The zero-order valence-corrected chi connectivity index (χ0v) is 22.8. The Kier molecular flexibility index (Phi) is 11.2. The first-order valence-electron chi connectivity index (χ1n) is 12.7. The maximum Gasteiger partial charge on any atom is 0.217 e. The molecule has 0 aliphatic heterocycles. The first-order chi connectivity index (χ1) is 18.5. The van der Waals surface area contributed by atoms with Crippen molar-refractivity contribution in [2.45, 2.75) is 32.4 Å². The topological polar surface area (TPSA) is 64.8 Å². The van der Waals surface area contributed by atoms with Gasteiger partial charge in [-0.3, -0.25) is 4.79 Å². The lowest BCUT2D eigenvalue weighted by atomic mass is 10.0. The zero-order valence-electron chi connectivity index (χ0n) is 22.0. The lowest BCUT2D eigenvalue weighted by Crippen LogP contribution is -2.26. The number of hydrogen-bond donors (Lipinski definition) is 1. The van der Waals surface area contributed by atoms with Gasteiger partial charge in [-0.25, -0.2) is 4.39 Å². The Morgan fingerprint density at radius 2 is 1.56 bits per heavy atom. The highest BCUT2D eigenvalue weighted by Crippen LogP contribution is 2.30. The first-order valence-corrected chi connectivity index (χ1v) is 12.7. The number of ether oxygens (including phenoxy) is 2. The van der Waals surface area contributed by atoms with E-state index in [4.69, 9.17) is 15.2 Å². The molecule has 0 fully saturated rings. The van der Waals surface area contributed by atoms with E-state index in [1.807, 2.05) is 54.6 Å². The molecular weight excluding hydrogens is 515 g/mol. The summed E-state index contributed by atoms with van der Waals surface area (Å²) in [5, 5.41) is 0. The number of amides is 1. The normalized spacial score (nSPS) is 10.4. The van der Waals surface area contributed by atoms with Crippen molar-refractivity contribution in [1.29, 1.82) is 0 Å².